The van der Waals surface area contributed by atoms with Crippen molar-refractivity contribution in [3.63, 3.8) is 0 Å². The first kappa shape index (κ1) is 17.8. The van der Waals surface area contributed by atoms with Gasteiger partial charge >= 0.3 is 5.97 Å². The molecule has 0 unspecified atom stereocenters. The molecule has 1 aromatic heterocycles. The first-order chi connectivity index (χ1) is 12.5. The molecular weight excluding hydrogens is 402 g/mol. The molecule has 8 heteroatoms. The molecule has 1 heterocycles. The van der Waals surface area contributed by atoms with Crippen molar-refractivity contribution in [2.45, 2.75) is 6.54 Å². The van der Waals surface area contributed by atoms with Gasteiger partial charge < -0.3 is 9.84 Å². The molecule has 0 aliphatic carbocycles. The van der Waals surface area contributed by atoms with Crippen LogP contribution in [0.15, 0.2) is 63.2 Å². The van der Waals surface area contributed by atoms with E-state index in [-0.39, 0.29) is 18.1 Å². The summed E-state index contributed by atoms with van der Waals surface area (Å²) in [6, 6.07) is 13.8. The molecule has 0 spiro atoms. The quantitative estimate of drug-likeness (QED) is 0.510. The number of esters is 1. The van der Waals surface area contributed by atoms with E-state index in [1.165, 1.54) is 11.7 Å². The van der Waals surface area contributed by atoms with Gasteiger partial charge in [-0.2, -0.15) is 0 Å². The largest absolute Gasteiger partial charge is 0.493 e. The fraction of sp³-hybridized carbons (Fsp3) is 0.111. The topological polar surface area (TPSA) is 93.2 Å². The zero-order chi connectivity index (χ0) is 18.7. The molecule has 2 aromatic carbocycles. The second kappa shape index (κ2) is 7.49. The van der Waals surface area contributed by atoms with Crippen molar-refractivity contribution in [2.24, 2.45) is 10.2 Å². The van der Waals surface area contributed by atoms with Crippen LogP contribution in [-0.2, 0) is 16.1 Å². The fourth-order valence-electron chi connectivity index (χ4n) is 2.51. The van der Waals surface area contributed by atoms with Crippen molar-refractivity contribution < 1.29 is 19.4 Å². The predicted octanol–water partition coefficient (Wildman–Crippen LogP) is 4.21. The fourth-order valence-corrected chi connectivity index (χ4v) is 2.96. The van der Waals surface area contributed by atoms with E-state index >= 15 is 0 Å². The van der Waals surface area contributed by atoms with Crippen LogP contribution in [0, 0.1) is 0 Å². The number of carbonyl (C=O) groups excluding carboxylic acids is 2. The average molecular weight is 416 g/mol. The third kappa shape index (κ3) is 3.36. The normalized spacial score (nSPS) is 11.2. The molecule has 0 saturated carbocycles. The van der Waals surface area contributed by atoms with E-state index in [0.29, 0.717) is 20.9 Å². The number of ether oxygens (including phenoxy) is 1. The number of para-hydroxylation sites is 1. The molecule has 0 aliphatic heterocycles. The SMILES string of the molecule is COC(=O)Cn1c(O)c(N=NC(=O)c2ccccc2Br)c2ccccc21. The number of rotatable bonds is 4. The molecule has 0 aliphatic rings. The number of aromatic nitrogens is 1. The third-order valence-corrected chi connectivity index (χ3v) is 4.47. The number of benzene rings is 2. The molecule has 0 bridgehead atoms. The molecule has 0 saturated heterocycles. The van der Waals surface area contributed by atoms with Crippen LogP contribution in [0.25, 0.3) is 10.9 Å². The Morgan fingerprint density at radius 3 is 2.58 bits per heavy atom. The van der Waals surface area contributed by atoms with E-state index in [2.05, 4.69) is 30.9 Å². The van der Waals surface area contributed by atoms with Crippen molar-refractivity contribution in [3.8, 4) is 5.88 Å². The average Bonchev–Trinajstić information content (AvgIpc) is 2.91. The molecule has 26 heavy (non-hydrogen) atoms. The summed E-state index contributed by atoms with van der Waals surface area (Å²) in [7, 11) is 1.27. The predicted molar refractivity (Wildman–Crippen MR) is 98.6 cm³/mol. The Morgan fingerprint density at radius 2 is 1.85 bits per heavy atom. The number of azo groups is 1. The first-order valence-electron chi connectivity index (χ1n) is 7.60. The Morgan fingerprint density at radius 1 is 1.15 bits per heavy atom. The Kier molecular flexibility index (Phi) is 5.13. The Balaban J connectivity index is 2.03. The van der Waals surface area contributed by atoms with Crippen LogP contribution in [0.5, 0.6) is 5.88 Å². The van der Waals surface area contributed by atoms with Crippen LogP contribution in [0.4, 0.5) is 5.69 Å². The van der Waals surface area contributed by atoms with Crippen molar-refractivity contribution in [2.75, 3.05) is 7.11 Å². The highest BCUT2D eigenvalue weighted by Gasteiger charge is 2.19. The lowest BCUT2D eigenvalue weighted by atomic mass is 10.2. The maximum Gasteiger partial charge on any atom is 0.325 e. The smallest absolute Gasteiger partial charge is 0.325 e. The van der Waals surface area contributed by atoms with Crippen molar-refractivity contribution in [3.05, 3.63) is 58.6 Å². The lowest BCUT2D eigenvalue weighted by molar-refractivity contribution is -0.141. The number of methoxy groups -OCH3 is 1. The molecule has 1 amide bonds. The van der Waals surface area contributed by atoms with E-state index in [1.54, 1.807) is 48.5 Å². The van der Waals surface area contributed by atoms with Crippen LogP contribution in [0.2, 0.25) is 0 Å². The Bertz CT molecular complexity index is 1030. The van der Waals surface area contributed by atoms with Crippen LogP contribution in [0.3, 0.4) is 0 Å². The monoisotopic (exact) mass is 415 g/mol. The maximum atomic E-state index is 12.3. The van der Waals surface area contributed by atoms with Crippen LogP contribution >= 0.6 is 15.9 Å². The maximum absolute atomic E-state index is 12.3. The molecule has 0 fully saturated rings. The van der Waals surface area contributed by atoms with Crippen LogP contribution in [-0.4, -0.2) is 28.7 Å². The van der Waals surface area contributed by atoms with E-state index in [0.717, 1.165) is 0 Å². The number of fused-ring (bicyclic) bond motifs is 1. The summed E-state index contributed by atoms with van der Waals surface area (Å²) >= 11 is 3.29. The summed E-state index contributed by atoms with van der Waals surface area (Å²) in [6.45, 7) is -0.184. The third-order valence-electron chi connectivity index (χ3n) is 3.78. The number of hydrogen-bond donors (Lipinski definition) is 1. The summed E-state index contributed by atoms with van der Waals surface area (Å²) in [6.07, 6.45) is 0. The summed E-state index contributed by atoms with van der Waals surface area (Å²) in [4.78, 5) is 23.9. The molecule has 1 N–H and O–H groups in total. The van der Waals surface area contributed by atoms with Gasteiger partial charge in [-0.1, -0.05) is 30.3 Å². The minimum Gasteiger partial charge on any atom is -0.493 e. The molecule has 132 valence electrons. The van der Waals surface area contributed by atoms with Crippen LogP contribution < -0.4 is 0 Å². The Labute approximate surface area is 157 Å². The van der Waals surface area contributed by atoms with Gasteiger partial charge in [-0.25, -0.2) is 0 Å². The number of hydrogen-bond acceptors (Lipinski definition) is 5. The lowest BCUT2D eigenvalue weighted by Crippen LogP contribution is -2.10. The van der Waals surface area contributed by atoms with Gasteiger partial charge in [0.15, 0.2) is 5.69 Å². The van der Waals surface area contributed by atoms with E-state index < -0.39 is 11.9 Å². The second-order valence-electron chi connectivity index (χ2n) is 5.34. The van der Waals surface area contributed by atoms with Gasteiger partial charge in [-0.15, -0.1) is 10.2 Å². The highest BCUT2D eigenvalue weighted by Crippen LogP contribution is 2.38. The van der Waals surface area contributed by atoms with Gasteiger partial charge in [0.1, 0.15) is 6.54 Å². The number of amides is 1. The molecular formula is C18H14BrN3O4. The van der Waals surface area contributed by atoms with Crippen LogP contribution in [0.1, 0.15) is 10.4 Å². The Hall–Kier alpha value is -3.00. The number of halogens is 1. The number of nitrogens with zero attached hydrogens (tertiary/aromatic N) is 3. The summed E-state index contributed by atoms with van der Waals surface area (Å²) in [5.74, 6) is -1.34. The van der Waals surface area contributed by atoms with Gasteiger partial charge in [0.2, 0.25) is 5.88 Å². The summed E-state index contributed by atoms with van der Waals surface area (Å²) in [5, 5.41) is 18.7. The minimum absolute atomic E-state index is 0.116. The second-order valence-corrected chi connectivity index (χ2v) is 6.19. The van der Waals surface area contributed by atoms with Crippen molar-refractivity contribution >= 4 is 44.4 Å². The van der Waals surface area contributed by atoms with Crippen molar-refractivity contribution in [1.29, 1.82) is 0 Å². The highest BCUT2D eigenvalue weighted by atomic mass is 79.9. The molecule has 0 atom stereocenters. The van der Waals surface area contributed by atoms with Gasteiger partial charge in [-0.05, 0) is 34.1 Å². The number of aromatic hydroxyl groups is 1. The lowest BCUT2D eigenvalue weighted by Gasteiger charge is -2.04. The van der Waals surface area contributed by atoms with Gasteiger partial charge in [0.25, 0.3) is 5.91 Å². The van der Waals surface area contributed by atoms with Crippen molar-refractivity contribution in [1.82, 2.24) is 4.57 Å². The molecule has 3 aromatic rings. The highest BCUT2D eigenvalue weighted by molar-refractivity contribution is 9.10. The zero-order valence-electron chi connectivity index (χ0n) is 13.7. The molecule has 0 radical (unpaired) electrons. The summed E-state index contributed by atoms with van der Waals surface area (Å²) in [5.41, 5.74) is 1.05. The summed E-state index contributed by atoms with van der Waals surface area (Å²) < 4.78 is 6.61. The van der Waals surface area contributed by atoms with E-state index in [9.17, 15) is 14.7 Å². The van der Waals surface area contributed by atoms with Gasteiger partial charge in [0, 0.05) is 9.86 Å². The number of carbonyl (C=O) groups is 2. The standard InChI is InChI=1S/C18H14BrN3O4/c1-26-15(23)10-22-14-9-5-3-7-12(14)16(18(22)25)20-21-17(24)11-6-2-4-8-13(11)19/h2-9,25H,10H2,1H3. The van der Waals surface area contributed by atoms with Gasteiger partial charge in [0.05, 0.1) is 18.2 Å². The first-order valence-corrected chi connectivity index (χ1v) is 8.40. The molecule has 7 nitrogen and oxygen atoms in total. The van der Waals surface area contributed by atoms with E-state index in [1.807, 2.05) is 0 Å². The zero-order valence-corrected chi connectivity index (χ0v) is 15.3. The molecule has 3 rings (SSSR count). The minimum atomic E-state index is -0.554. The van der Waals surface area contributed by atoms with Gasteiger partial charge in [-0.3, -0.25) is 14.2 Å². The van der Waals surface area contributed by atoms with E-state index in [4.69, 9.17) is 0 Å².